The maximum Gasteiger partial charge on any atom is 0.295 e. The van der Waals surface area contributed by atoms with Crippen LogP contribution < -0.4 is 0 Å². The Labute approximate surface area is 231 Å². The fourth-order valence-corrected chi connectivity index (χ4v) is 8.40. The minimum absolute atomic E-state index is 0.0221. The van der Waals surface area contributed by atoms with Gasteiger partial charge in [-0.05, 0) is 97.5 Å². The molecule has 0 spiro atoms. The average molecular weight is 547 g/mol. The van der Waals surface area contributed by atoms with Gasteiger partial charge in [0.15, 0.2) is 0 Å². The molecule has 0 aromatic heterocycles. The maximum absolute atomic E-state index is 12.6. The summed E-state index contributed by atoms with van der Waals surface area (Å²) in [6, 6.07) is 33.9. The molecule has 0 saturated heterocycles. The van der Waals surface area contributed by atoms with E-state index in [0.717, 1.165) is 11.1 Å². The fraction of sp³-hybridized carbons (Fsp3) is 0.273. The Balaban J connectivity index is 1.70. The van der Waals surface area contributed by atoms with Crippen LogP contribution in [0.2, 0.25) is 0 Å². The lowest BCUT2D eigenvalue weighted by Crippen LogP contribution is -2.13. The van der Waals surface area contributed by atoms with E-state index in [-0.39, 0.29) is 22.6 Å². The monoisotopic (exact) mass is 546 g/mol. The number of rotatable bonds is 9. The van der Waals surface area contributed by atoms with Crippen LogP contribution in [0.25, 0.3) is 0 Å². The third kappa shape index (κ3) is 6.40. The molecule has 0 radical (unpaired) electrons. The molecule has 0 heterocycles. The van der Waals surface area contributed by atoms with Gasteiger partial charge < -0.3 is 0 Å². The Morgan fingerprint density at radius 2 is 1.13 bits per heavy atom. The SMILES string of the molecule is CC(C)c1cc(C(C)C)c(S(=O)(=O)O)c(C(C)Cc2ccc([SH](c3ccccc3)c3ccccc3)cc2)c1. The molecule has 3 nitrogen and oxygen atoms in total. The Morgan fingerprint density at radius 3 is 1.58 bits per heavy atom. The van der Waals surface area contributed by atoms with Crippen LogP contribution in [0.15, 0.2) is 117 Å². The molecule has 4 rings (SSSR count). The summed E-state index contributed by atoms with van der Waals surface area (Å²) in [4.78, 5) is 3.97. The van der Waals surface area contributed by atoms with Crippen LogP contribution in [0, 0.1) is 0 Å². The Morgan fingerprint density at radius 1 is 0.658 bits per heavy atom. The molecule has 38 heavy (non-hydrogen) atoms. The summed E-state index contributed by atoms with van der Waals surface area (Å²) in [5, 5.41) is 0. The van der Waals surface area contributed by atoms with Gasteiger partial charge in [-0.1, -0.05) is 95.3 Å². The lowest BCUT2D eigenvalue weighted by molar-refractivity contribution is 0.478. The molecule has 0 amide bonds. The van der Waals surface area contributed by atoms with Crippen LogP contribution in [-0.4, -0.2) is 13.0 Å². The normalized spacial score (nSPS) is 13.1. The quantitative estimate of drug-likeness (QED) is 0.163. The first-order chi connectivity index (χ1) is 18.1. The van der Waals surface area contributed by atoms with Crippen LogP contribution in [0.3, 0.4) is 0 Å². The summed E-state index contributed by atoms with van der Waals surface area (Å²) in [6.45, 7) is 10.2. The van der Waals surface area contributed by atoms with Gasteiger partial charge >= 0.3 is 0 Å². The largest absolute Gasteiger partial charge is 0.295 e. The van der Waals surface area contributed by atoms with E-state index >= 15 is 0 Å². The zero-order valence-corrected chi connectivity index (χ0v) is 24.5. The van der Waals surface area contributed by atoms with E-state index < -0.39 is 21.0 Å². The molecule has 0 aliphatic rings. The summed E-state index contributed by atoms with van der Waals surface area (Å²) in [5.74, 6) is 0.146. The van der Waals surface area contributed by atoms with Crippen LogP contribution in [0.5, 0.6) is 0 Å². The first-order valence-corrected chi connectivity index (χ1v) is 16.0. The van der Waals surface area contributed by atoms with E-state index in [2.05, 4.69) is 86.6 Å². The Kier molecular flexibility index (Phi) is 8.81. The summed E-state index contributed by atoms with van der Waals surface area (Å²) >= 11 is 0. The summed E-state index contributed by atoms with van der Waals surface area (Å²) < 4.78 is 35.4. The van der Waals surface area contributed by atoms with E-state index in [4.69, 9.17) is 0 Å². The second-order valence-corrected chi connectivity index (χ2v) is 14.2. The maximum atomic E-state index is 12.6. The van der Waals surface area contributed by atoms with Crippen molar-refractivity contribution in [3.63, 3.8) is 0 Å². The van der Waals surface area contributed by atoms with Gasteiger partial charge in [0.1, 0.15) is 4.90 Å². The van der Waals surface area contributed by atoms with Gasteiger partial charge in [-0.3, -0.25) is 4.55 Å². The minimum Gasteiger partial charge on any atom is -0.282 e. The van der Waals surface area contributed by atoms with Crippen molar-refractivity contribution in [2.45, 2.75) is 78.4 Å². The first-order valence-electron chi connectivity index (χ1n) is 13.2. The second-order valence-electron chi connectivity index (χ2n) is 10.6. The molecule has 0 aliphatic heterocycles. The summed E-state index contributed by atoms with van der Waals surface area (Å²) in [5.41, 5.74) is 3.61. The number of hydrogen-bond acceptors (Lipinski definition) is 2. The third-order valence-corrected chi connectivity index (χ3v) is 10.4. The van der Waals surface area contributed by atoms with Crippen molar-refractivity contribution in [1.29, 1.82) is 0 Å². The van der Waals surface area contributed by atoms with Crippen molar-refractivity contribution in [3.8, 4) is 0 Å². The van der Waals surface area contributed by atoms with E-state index in [1.54, 1.807) is 0 Å². The van der Waals surface area contributed by atoms with Crippen molar-refractivity contribution < 1.29 is 13.0 Å². The molecule has 1 unspecified atom stereocenters. The summed E-state index contributed by atoms with van der Waals surface area (Å²) in [7, 11) is -5.04. The molecule has 0 bridgehead atoms. The number of hydrogen-bond donors (Lipinski definition) is 2. The van der Waals surface area contributed by atoms with E-state index in [9.17, 15) is 13.0 Å². The van der Waals surface area contributed by atoms with E-state index in [1.165, 1.54) is 14.7 Å². The molecule has 200 valence electrons. The van der Waals surface area contributed by atoms with Gasteiger partial charge in [0, 0.05) is 0 Å². The highest BCUT2D eigenvalue weighted by molar-refractivity contribution is 8.17. The Bertz CT molecular complexity index is 1420. The zero-order valence-electron chi connectivity index (χ0n) is 22.8. The van der Waals surface area contributed by atoms with Gasteiger partial charge in [0.2, 0.25) is 0 Å². The van der Waals surface area contributed by atoms with E-state index in [0.29, 0.717) is 17.5 Å². The van der Waals surface area contributed by atoms with Crippen LogP contribution in [0.4, 0.5) is 0 Å². The predicted molar refractivity (Wildman–Crippen MR) is 160 cm³/mol. The second kappa shape index (κ2) is 11.9. The standard InChI is InChI=1S/C33H38O3S2/c1-23(2)27-21-31(24(3)4)33(38(34,35)36)32(22-27)25(5)20-26-16-18-30(19-17-26)37(28-12-8-6-9-13-28)29-14-10-7-11-15-29/h6-19,21-25,37H,20H2,1-5H3,(H,34,35,36). The minimum atomic E-state index is -4.37. The highest BCUT2D eigenvalue weighted by atomic mass is 32.2. The smallest absolute Gasteiger partial charge is 0.282 e. The number of thiol groups is 1. The van der Waals surface area contributed by atoms with Crippen LogP contribution in [-0.2, 0) is 16.5 Å². The van der Waals surface area contributed by atoms with Gasteiger partial charge in [0.25, 0.3) is 10.1 Å². The van der Waals surface area contributed by atoms with Gasteiger partial charge in [0.05, 0.1) is 0 Å². The van der Waals surface area contributed by atoms with Crippen molar-refractivity contribution >= 4 is 21.0 Å². The molecule has 4 aromatic carbocycles. The van der Waals surface area contributed by atoms with Crippen LogP contribution >= 0.6 is 10.9 Å². The highest BCUT2D eigenvalue weighted by Crippen LogP contribution is 2.51. The van der Waals surface area contributed by atoms with Gasteiger partial charge in [-0.2, -0.15) is 19.3 Å². The van der Waals surface area contributed by atoms with Crippen molar-refractivity contribution in [3.05, 3.63) is 119 Å². The predicted octanol–water partition coefficient (Wildman–Crippen LogP) is 9.00. The molecular formula is C33H38O3S2. The van der Waals surface area contributed by atoms with Crippen LogP contribution in [0.1, 0.15) is 74.6 Å². The van der Waals surface area contributed by atoms with Crippen molar-refractivity contribution in [2.24, 2.45) is 0 Å². The highest BCUT2D eigenvalue weighted by Gasteiger charge is 2.26. The van der Waals surface area contributed by atoms with Gasteiger partial charge in [-0.25, -0.2) is 0 Å². The first kappa shape index (κ1) is 28.2. The van der Waals surface area contributed by atoms with E-state index in [1.807, 2.05) is 45.0 Å². The molecule has 0 aliphatic carbocycles. The zero-order chi connectivity index (χ0) is 27.4. The lowest BCUT2D eigenvalue weighted by atomic mass is 9.86. The fourth-order valence-electron chi connectivity index (χ4n) is 4.97. The molecule has 0 fully saturated rings. The molecular weight excluding hydrogens is 508 g/mol. The third-order valence-electron chi connectivity index (χ3n) is 7.01. The molecule has 0 saturated carbocycles. The lowest BCUT2D eigenvalue weighted by Gasteiger charge is -2.24. The van der Waals surface area contributed by atoms with Crippen molar-refractivity contribution in [2.75, 3.05) is 0 Å². The topological polar surface area (TPSA) is 54.4 Å². The molecule has 5 heteroatoms. The average Bonchev–Trinajstić information content (AvgIpc) is 2.89. The number of benzene rings is 4. The molecule has 4 aromatic rings. The Hall–Kier alpha value is -2.86. The molecule has 1 atom stereocenters. The van der Waals surface area contributed by atoms with Gasteiger partial charge in [-0.15, -0.1) is 0 Å². The summed E-state index contributed by atoms with van der Waals surface area (Å²) in [6.07, 6.45) is 0.677. The molecule has 1 N–H and O–H groups in total. The van der Waals surface area contributed by atoms with Crippen molar-refractivity contribution in [1.82, 2.24) is 0 Å².